The molecule has 0 saturated heterocycles. The zero-order valence-corrected chi connectivity index (χ0v) is 9.72. The maximum Gasteiger partial charge on any atom is 0.133 e. The molecule has 0 N–H and O–H groups in total. The summed E-state index contributed by atoms with van der Waals surface area (Å²) in [6.07, 6.45) is 5.40. The normalized spacial score (nSPS) is 16.1. The van der Waals surface area contributed by atoms with E-state index in [1.54, 1.807) is 6.08 Å². The van der Waals surface area contributed by atoms with Gasteiger partial charge in [-0.1, -0.05) is 25.5 Å². The van der Waals surface area contributed by atoms with E-state index >= 15 is 0 Å². The molecule has 1 nitrogen and oxygen atoms in total. The van der Waals surface area contributed by atoms with Crippen molar-refractivity contribution in [2.24, 2.45) is 0 Å². The average molecular weight is 238 g/mol. The molecule has 1 fully saturated rings. The predicted molar refractivity (Wildman–Crippen MR) is 63.3 cm³/mol. The summed E-state index contributed by atoms with van der Waals surface area (Å²) < 4.78 is 32.8. The first kappa shape index (κ1) is 12.1. The van der Waals surface area contributed by atoms with Gasteiger partial charge in [-0.3, -0.25) is 0 Å². The van der Waals surface area contributed by atoms with Crippen LogP contribution in [0.25, 0.3) is 0 Å². The van der Waals surface area contributed by atoms with Crippen LogP contribution in [0.4, 0.5) is 8.78 Å². The van der Waals surface area contributed by atoms with Crippen LogP contribution in [0.3, 0.4) is 0 Å². The van der Waals surface area contributed by atoms with Gasteiger partial charge in [-0.2, -0.15) is 0 Å². The molecule has 0 amide bonds. The van der Waals surface area contributed by atoms with Crippen LogP contribution >= 0.6 is 0 Å². The van der Waals surface area contributed by atoms with Gasteiger partial charge in [0.05, 0.1) is 0 Å². The molecule has 92 valence electrons. The summed E-state index contributed by atoms with van der Waals surface area (Å²) in [4.78, 5) is 0. The van der Waals surface area contributed by atoms with E-state index in [4.69, 9.17) is 4.74 Å². The van der Waals surface area contributed by atoms with Crippen molar-refractivity contribution in [3.8, 4) is 5.75 Å². The van der Waals surface area contributed by atoms with Crippen molar-refractivity contribution >= 4 is 0 Å². The fourth-order valence-electron chi connectivity index (χ4n) is 2.40. The van der Waals surface area contributed by atoms with Crippen LogP contribution in [0.2, 0.25) is 0 Å². The van der Waals surface area contributed by atoms with Gasteiger partial charge in [-0.25, -0.2) is 8.78 Å². The zero-order chi connectivity index (χ0) is 12.3. The van der Waals surface area contributed by atoms with Crippen LogP contribution in [0.15, 0.2) is 24.8 Å². The minimum atomic E-state index is -0.490. The highest BCUT2D eigenvalue weighted by atomic mass is 19.1. The molecule has 1 aromatic carbocycles. The van der Waals surface area contributed by atoms with Crippen LogP contribution in [-0.2, 0) is 0 Å². The van der Waals surface area contributed by atoms with Gasteiger partial charge < -0.3 is 4.74 Å². The highest BCUT2D eigenvalue weighted by Gasteiger charge is 2.24. The second kappa shape index (κ2) is 5.30. The molecule has 1 saturated carbocycles. The van der Waals surface area contributed by atoms with Crippen molar-refractivity contribution in [2.45, 2.75) is 31.6 Å². The minimum Gasteiger partial charge on any atom is -0.489 e. The molecule has 0 bridgehead atoms. The molecule has 17 heavy (non-hydrogen) atoms. The monoisotopic (exact) mass is 238 g/mol. The third-order valence-corrected chi connectivity index (χ3v) is 3.18. The molecule has 1 aromatic rings. The van der Waals surface area contributed by atoms with E-state index in [1.807, 2.05) is 0 Å². The Morgan fingerprint density at radius 3 is 2.35 bits per heavy atom. The summed E-state index contributed by atoms with van der Waals surface area (Å²) >= 11 is 0. The van der Waals surface area contributed by atoms with E-state index in [0.29, 0.717) is 0 Å². The van der Waals surface area contributed by atoms with Gasteiger partial charge in [0.15, 0.2) is 0 Å². The summed E-state index contributed by atoms with van der Waals surface area (Å²) in [7, 11) is 0. The number of hydrogen-bond donors (Lipinski definition) is 0. The minimum absolute atomic E-state index is 0.0310. The van der Waals surface area contributed by atoms with Gasteiger partial charge in [0.2, 0.25) is 0 Å². The first-order valence-corrected chi connectivity index (χ1v) is 5.95. The predicted octanol–water partition coefficient (Wildman–Crippen LogP) is 4.19. The van der Waals surface area contributed by atoms with Gasteiger partial charge >= 0.3 is 0 Å². The number of halogens is 2. The van der Waals surface area contributed by atoms with E-state index in [-0.39, 0.29) is 23.8 Å². The fraction of sp³-hybridized carbons (Fsp3) is 0.429. The Labute approximate surface area is 100 Å². The van der Waals surface area contributed by atoms with Gasteiger partial charge in [0.25, 0.3) is 0 Å². The van der Waals surface area contributed by atoms with Gasteiger partial charge in [0, 0.05) is 17.7 Å². The standard InChI is InChI=1S/C14H16F2O/c1-2-7-17-11-8-12(15)14(13(16)9-11)10-5-3-4-6-10/h2,8-10H,1,3-7H2. The van der Waals surface area contributed by atoms with Crippen molar-refractivity contribution in [2.75, 3.05) is 6.61 Å². The second-order valence-electron chi connectivity index (χ2n) is 4.38. The van der Waals surface area contributed by atoms with E-state index in [9.17, 15) is 8.78 Å². The molecule has 0 spiro atoms. The van der Waals surface area contributed by atoms with Gasteiger partial charge in [-0.05, 0) is 18.8 Å². The third-order valence-electron chi connectivity index (χ3n) is 3.18. The van der Waals surface area contributed by atoms with Crippen LogP contribution < -0.4 is 4.74 Å². The molecule has 0 unspecified atom stereocenters. The molecular formula is C14H16F2O. The fourth-order valence-corrected chi connectivity index (χ4v) is 2.40. The number of benzene rings is 1. The van der Waals surface area contributed by atoms with E-state index < -0.39 is 11.6 Å². The number of ether oxygens (including phenoxy) is 1. The molecule has 0 atom stereocenters. The number of hydrogen-bond acceptors (Lipinski definition) is 1. The quantitative estimate of drug-likeness (QED) is 0.715. The zero-order valence-electron chi connectivity index (χ0n) is 9.72. The van der Waals surface area contributed by atoms with Crippen molar-refractivity contribution < 1.29 is 13.5 Å². The molecule has 0 aliphatic heterocycles. The molecule has 1 aliphatic carbocycles. The molecule has 2 rings (SSSR count). The lowest BCUT2D eigenvalue weighted by molar-refractivity contribution is 0.356. The van der Waals surface area contributed by atoms with Crippen molar-refractivity contribution in [1.82, 2.24) is 0 Å². The first-order valence-electron chi connectivity index (χ1n) is 5.95. The largest absolute Gasteiger partial charge is 0.489 e. The van der Waals surface area contributed by atoms with Crippen molar-refractivity contribution in [1.29, 1.82) is 0 Å². The Kier molecular flexibility index (Phi) is 3.77. The van der Waals surface area contributed by atoms with Crippen LogP contribution in [-0.4, -0.2) is 6.61 Å². The summed E-state index contributed by atoms with van der Waals surface area (Å²) in [6.45, 7) is 3.74. The lowest BCUT2D eigenvalue weighted by Gasteiger charge is -2.13. The van der Waals surface area contributed by atoms with Crippen molar-refractivity contribution in [3.05, 3.63) is 42.0 Å². The molecular weight excluding hydrogens is 222 g/mol. The van der Waals surface area contributed by atoms with Crippen LogP contribution in [0.1, 0.15) is 37.2 Å². The lowest BCUT2D eigenvalue weighted by Crippen LogP contribution is -2.03. The number of rotatable bonds is 4. The Morgan fingerprint density at radius 2 is 1.82 bits per heavy atom. The summed E-state index contributed by atoms with van der Waals surface area (Å²) in [5, 5.41) is 0. The highest BCUT2D eigenvalue weighted by Crippen LogP contribution is 2.37. The third kappa shape index (κ3) is 2.65. The lowest BCUT2D eigenvalue weighted by atomic mass is 9.96. The van der Waals surface area contributed by atoms with E-state index in [0.717, 1.165) is 25.7 Å². The molecule has 1 aliphatic rings. The smallest absolute Gasteiger partial charge is 0.133 e. The van der Waals surface area contributed by atoms with E-state index in [2.05, 4.69) is 6.58 Å². The maximum absolute atomic E-state index is 13.8. The average Bonchev–Trinajstić information content (AvgIpc) is 2.79. The maximum atomic E-state index is 13.8. The van der Waals surface area contributed by atoms with Gasteiger partial charge in [-0.15, -0.1) is 0 Å². The second-order valence-corrected chi connectivity index (χ2v) is 4.38. The van der Waals surface area contributed by atoms with Crippen molar-refractivity contribution in [3.63, 3.8) is 0 Å². The summed E-state index contributed by atoms with van der Waals surface area (Å²) in [5.41, 5.74) is 0.230. The Morgan fingerprint density at radius 1 is 1.24 bits per heavy atom. The Balaban J connectivity index is 2.25. The first-order chi connectivity index (χ1) is 8.22. The van der Waals surface area contributed by atoms with Crippen LogP contribution in [0.5, 0.6) is 5.75 Å². The molecule has 3 heteroatoms. The van der Waals surface area contributed by atoms with E-state index in [1.165, 1.54) is 12.1 Å². The summed E-state index contributed by atoms with van der Waals surface area (Å²) in [5.74, 6) is -0.725. The topological polar surface area (TPSA) is 9.23 Å². The van der Waals surface area contributed by atoms with Gasteiger partial charge in [0.1, 0.15) is 24.0 Å². The SMILES string of the molecule is C=CCOc1cc(F)c(C2CCCC2)c(F)c1. The van der Waals surface area contributed by atoms with Crippen LogP contribution in [0, 0.1) is 11.6 Å². The Hall–Kier alpha value is -1.38. The Bertz CT molecular complexity index is 386. The summed E-state index contributed by atoms with van der Waals surface area (Å²) in [6, 6.07) is 2.53. The molecule has 0 radical (unpaired) electrons. The molecule has 0 heterocycles. The highest BCUT2D eigenvalue weighted by molar-refractivity contribution is 5.33. The molecule has 0 aromatic heterocycles.